The fraction of sp³-hybridized carbons (Fsp3) is 0.212. The van der Waals surface area contributed by atoms with Gasteiger partial charge in [-0.1, -0.05) is 102 Å². The van der Waals surface area contributed by atoms with Crippen LogP contribution in [0.5, 0.6) is 11.5 Å². The number of ketones is 1. The monoisotopic (exact) mass is 681 g/mol. The van der Waals surface area contributed by atoms with E-state index >= 15 is 0 Å². The van der Waals surface area contributed by atoms with Gasteiger partial charge in [-0.25, -0.2) is 0 Å². The highest BCUT2D eigenvalue weighted by molar-refractivity contribution is 8.00. The molecule has 3 aromatic carbocycles. The summed E-state index contributed by atoms with van der Waals surface area (Å²) in [6.07, 6.45) is 3.80. The molecule has 1 aliphatic rings. The molecule has 0 saturated carbocycles. The van der Waals surface area contributed by atoms with Gasteiger partial charge in [0, 0.05) is 15.8 Å². The molecule has 45 heavy (non-hydrogen) atoms. The third-order valence-electron chi connectivity index (χ3n) is 6.71. The van der Waals surface area contributed by atoms with Gasteiger partial charge in [0.15, 0.2) is 27.4 Å². The number of aliphatic hydroxyl groups excluding tert-OH is 1. The van der Waals surface area contributed by atoms with Gasteiger partial charge >= 0.3 is 0 Å². The van der Waals surface area contributed by atoms with Gasteiger partial charge in [-0.2, -0.15) is 0 Å². The quantitative estimate of drug-likeness (QED) is 0.0851. The first-order chi connectivity index (χ1) is 21.8. The lowest BCUT2D eigenvalue weighted by Crippen LogP contribution is -2.31. The minimum absolute atomic E-state index is 0.0748. The van der Waals surface area contributed by atoms with Gasteiger partial charge < -0.3 is 14.6 Å². The van der Waals surface area contributed by atoms with Crippen LogP contribution in [-0.2, 0) is 15.3 Å². The maximum absolute atomic E-state index is 13.7. The van der Waals surface area contributed by atoms with Crippen LogP contribution in [0.4, 0.5) is 5.13 Å². The zero-order chi connectivity index (χ0) is 31.9. The van der Waals surface area contributed by atoms with Gasteiger partial charge in [0.2, 0.25) is 5.13 Å². The van der Waals surface area contributed by atoms with Gasteiger partial charge in [-0.15, -0.1) is 10.2 Å². The number of anilines is 1. The molecule has 0 bridgehead atoms. The third-order valence-corrected chi connectivity index (χ3v) is 9.41. The molecule has 1 aromatic heterocycles. The van der Waals surface area contributed by atoms with Crippen LogP contribution in [0.25, 0.3) is 6.08 Å². The molecule has 8 nitrogen and oxygen atoms in total. The van der Waals surface area contributed by atoms with Crippen LogP contribution in [0.2, 0.25) is 10.0 Å². The molecule has 12 heteroatoms. The first kappa shape index (κ1) is 32.6. The van der Waals surface area contributed by atoms with Gasteiger partial charge in [0.05, 0.1) is 24.8 Å². The van der Waals surface area contributed by atoms with Gasteiger partial charge in [-0.05, 0) is 60.4 Å². The Balaban J connectivity index is 1.51. The first-order valence-electron chi connectivity index (χ1n) is 14.1. The van der Waals surface area contributed by atoms with Crippen LogP contribution in [0, 0.1) is 0 Å². The van der Waals surface area contributed by atoms with Crippen molar-refractivity contribution in [3.8, 4) is 11.5 Å². The summed E-state index contributed by atoms with van der Waals surface area (Å²) in [5.74, 6) is -0.422. The summed E-state index contributed by atoms with van der Waals surface area (Å²) < 4.78 is 12.3. The lowest BCUT2D eigenvalue weighted by molar-refractivity contribution is -0.117. The predicted octanol–water partition coefficient (Wildman–Crippen LogP) is 8.51. The zero-order valence-electron chi connectivity index (χ0n) is 24.4. The highest BCUT2D eigenvalue weighted by Crippen LogP contribution is 2.45. The van der Waals surface area contributed by atoms with Crippen molar-refractivity contribution in [3.05, 3.63) is 111 Å². The Bertz CT molecular complexity index is 1760. The number of nitrogens with zero attached hydrogens (tertiary/aromatic N) is 3. The number of hydrogen-bond donors (Lipinski definition) is 1. The first-order valence-corrected chi connectivity index (χ1v) is 16.7. The average Bonchev–Trinajstić information content (AvgIpc) is 3.61. The Morgan fingerprint density at radius 2 is 1.84 bits per heavy atom. The number of thioether (sulfide) groups is 1. The number of benzene rings is 3. The highest BCUT2D eigenvalue weighted by Gasteiger charge is 2.45. The summed E-state index contributed by atoms with van der Waals surface area (Å²) in [5.41, 5.74) is 2.12. The van der Waals surface area contributed by atoms with Crippen LogP contribution in [-0.4, -0.2) is 40.2 Å². The van der Waals surface area contributed by atoms with E-state index in [0.717, 1.165) is 17.5 Å². The van der Waals surface area contributed by atoms with Crippen molar-refractivity contribution in [1.29, 1.82) is 0 Å². The molecule has 1 amide bonds. The molecule has 0 spiro atoms. The van der Waals surface area contributed by atoms with Crippen molar-refractivity contribution in [2.45, 2.75) is 36.4 Å². The molecule has 0 radical (unpaired) electrons. The number of aromatic nitrogens is 2. The zero-order valence-corrected chi connectivity index (χ0v) is 27.6. The molecule has 1 atom stereocenters. The molecular formula is C33H29Cl2N3O5S2. The minimum Gasteiger partial charge on any atom is -0.503 e. The standard InChI is InChI=1S/C33H29Cl2N3O5S2/c1-3-16-43-26-15-12-21(17-27(26)42-4-2)29-28(25(39)14-10-20-8-6-5-7-9-20)30(40)31(41)38(29)32-36-37-33(45-32)44-19-22-11-13-23(34)18-24(22)35/h5-15,17-18,29,40H,3-4,16,19H2,1-2H3. The molecule has 1 aliphatic heterocycles. The Morgan fingerprint density at radius 1 is 1.04 bits per heavy atom. The Morgan fingerprint density at radius 3 is 2.58 bits per heavy atom. The summed E-state index contributed by atoms with van der Waals surface area (Å²) in [6.45, 7) is 4.73. The number of carbonyl (C=O) groups excluding carboxylic acids is 2. The summed E-state index contributed by atoms with van der Waals surface area (Å²) in [7, 11) is 0. The molecule has 232 valence electrons. The largest absolute Gasteiger partial charge is 0.503 e. The summed E-state index contributed by atoms with van der Waals surface area (Å²) in [4.78, 5) is 28.6. The maximum Gasteiger partial charge on any atom is 0.296 e. The van der Waals surface area contributed by atoms with Crippen molar-refractivity contribution in [2.75, 3.05) is 18.1 Å². The van der Waals surface area contributed by atoms with E-state index in [9.17, 15) is 14.7 Å². The van der Waals surface area contributed by atoms with Gasteiger partial charge in [-0.3, -0.25) is 14.5 Å². The molecule has 0 aliphatic carbocycles. The minimum atomic E-state index is -0.999. The van der Waals surface area contributed by atoms with E-state index in [1.807, 2.05) is 50.2 Å². The molecule has 0 saturated heterocycles. The van der Waals surface area contributed by atoms with Crippen LogP contribution >= 0.6 is 46.3 Å². The molecule has 5 rings (SSSR count). The van der Waals surface area contributed by atoms with Gasteiger partial charge in [0.1, 0.15) is 0 Å². The summed E-state index contributed by atoms with van der Waals surface area (Å²) in [5, 5.41) is 21.0. The predicted molar refractivity (Wildman–Crippen MR) is 180 cm³/mol. The Labute approximate surface area is 279 Å². The van der Waals surface area contributed by atoms with Crippen LogP contribution in [0.3, 0.4) is 0 Å². The van der Waals surface area contributed by atoms with Crippen molar-refractivity contribution in [3.63, 3.8) is 0 Å². The second-order valence-corrected chi connectivity index (χ2v) is 12.8. The molecule has 1 unspecified atom stereocenters. The number of hydrogen-bond acceptors (Lipinski definition) is 9. The van der Waals surface area contributed by atoms with Crippen LogP contribution in [0.15, 0.2) is 88.5 Å². The van der Waals surface area contributed by atoms with E-state index in [1.165, 1.54) is 34.1 Å². The van der Waals surface area contributed by atoms with Crippen LogP contribution < -0.4 is 14.4 Å². The Hall–Kier alpha value is -3.83. The molecule has 1 N–H and O–H groups in total. The summed E-state index contributed by atoms with van der Waals surface area (Å²) >= 11 is 14.9. The number of ether oxygens (including phenoxy) is 2. The van der Waals surface area contributed by atoms with Crippen LogP contribution in [0.1, 0.15) is 43.0 Å². The lowest BCUT2D eigenvalue weighted by Gasteiger charge is -2.24. The molecular weight excluding hydrogens is 653 g/mol. The fourth-order valence-electron chi connectivity index (χ4n) is 4.63. The maximum atomic E-state index is 13.7. The lowest BCUT2D eigenvalue weighted by atomic mass is 9.95. The number of allylic oxidation sites excluding steroid dienone is 1. The Kier molecular flexibility index (Phi) is 10.8. The third kappa shape index (κ3) is 7.53. The van der Waals surface area contributed by atoms with E-state index in [2.05, 4.69) is 10.2 Å². The second kappa shape index (κ2) is 15.0. The van der Waals surface area contributed by atoms with E-state index in [0.29, 0.717) is 50.4 Å². The van der Waals surface area contributed by atoms with E-state index in [1.54, 1.807) is 36.4 Å². The number of aliphatic hydroxyl groups is 1. The number of halogens is 2. The molecule has 0 fully saturated rings. The van der Waals surface area contributed by atoms with Crippen molar-refractivity contribution in [1.82, 2.24) is 10.2 Å². The average molecular weight is 683 g/mol. The number of rotatable bonds is 13. The smallest absolute Gasteiger partial charge is 0.296 e. The van der Waals surface area contributed by atoms with E-state index in [4.69, 9.17) is 32.7 Å². The van der Waals surface area contributed by atoms with E-state index in [-0.39, 0.29) is 10.7 Å². The number of carbonyl (C=O) groups is 2. The van der Waals surface area contributed by atoms with E-state index < -0.39 is 23.5 Å². The summed E-state index contributed by atoms with van der Waals surface area (Å²) in [6, 6.07) is 18.8. The number of amides is 1. The van der Waals surface area contributed by atoms with Gasteiger partial charge in [0.25, 0.3) is 5.91 Å². The molecule has 2 heterocycles. The second-order valence-electron chi connectivity index (χ2n) is 9.81. The fourth-order valence-corrected chi connectivity index (χ4v) is 7.05. The molecule has 4 aromatic rings. The van der Waals surface area contributed by atoms with Crippen molar-refractivity contribution < 1.29 is 24.2 Å². The topological polar surface area (TPSA) is 102 Å². The SMILES string of the molecule is CCCOc1ccc(C2C(C(=O)C=Cc3ccccc3)=C(O)C(=O)N2c2nnc(SCc3ccc(Cl)cc3Cl)s2)cc1OCC. The van der Waals surface area contributed by atoms with Crippen molar-refractivity contribution in [2.24, 2.45) is 0 Å². The van der Waals surface area contributed by atoms with Crippen molar-refractivity contribution >= 4 is 69.2 Å². The normalized spacial score (nSPS) is 14.9. The highest BCUT2D eigenvalue weighted by atomic mass is 35.5.